The van der Waals surface area contributed by atoms with E-state index < -0.39 is 0 Å². The van der Waals surface area contributed by atoms with Crippen molar-refractivity contribution in [2.45, 2.75) is 33.2 Å². The number of hydrogen-bond donors (Lipinski definition) is 1. The molecule has 1 saturated heterocycles. The lowest BCUT2D eigenvalue weighted by molar-refractivity contribution is 0.121. The summed E-state index contributed by atoms with van der Waals surface area (Å²) < 4.78 is 5.17. The van der Waals surface area contributed by atoms with Crippen LogP contribution in [0, 0.1) is 12.8 Å². The molecule has 1 aliphatic heterocycles. The quantitative estimate of drug-likeness (QED) is 0.342. The minimum absolute atomic E-state index is 0. The van der Waals surface area contributed by atoms with Crippen molar-refractivity contribution in [1.82, 2.24) is 20.1 Å². The summed E-state index contributed by atoms with van der Waals surface area (Å²) in [5.41, 5.74) is 1.11. The summed E-state index contributed by atoms with van der Waals surface area (Å²) in [5, 5.41) is 6.66. The highest BCUT2D eigenvalue weighted by Crippen LogP contribution is 2.17. The Bertz CT molecular complexity index is 531. The van der Waals surface area contributed by atoms with Crippen molar-refractivity contribution in [3.8, 4) is 0 Å². The van der Waals surface area contributed by atoms with Crippen LogP contribution in [0.25, 0.3) is 0 Å². The van der Waals surface area contributed by atoms with E-state index in [0.29, 0.717) is 5.92 Å². The van der Waals surface area contributed by atoms with Crippen molar-refractivity contribution in [2.75, 3.05) is 53.5 Å². The van der Waals surface area contributed by atoms with Crippen molar-refractivity contribution < 1.29 is 4.74 Å². The minimum atomic E-state index is 0. The van der Waals surface area contributed by atoms with E-state index in [1.165, 1.54) is 12.8 Å². The Hall–Kier alpha value is -0.450. The van der Waals surface area contributed by atoms with E-state index in [0.717, 1.165) is 62.5 Å². The molecule has 1 aromatic heterocycles. The first kappa shape index (κ1) is 23.6. The van der Waals surface area contributed by atoms with Gasteiger partial charge in [-0.05, 0) is 45.7 Å². The number of ether oxygens (including phenoxy) is 1. The van der Waals surface area contributed by atoms with Crippen molar-refractivity contribution in [3.05, 3.63) is 16.1 Å². The van der Waals surface area contributed by atoms with E-state index in [1.54, 1.807) is 18.4 Å². The molecule has 150 valence electrons. The van der Waals surface area contributed by atoms with Gasteiger partial charge in [0.1, 0.15) is 0 Å². The molecular formula is C18H34IN5OS. The van der Waals surface area contributed by atoms with Crippen LogP contribution in [-0.4, -0.2) is 74.2 Å². The molecule has 0 bridgehead atoms. The van der Waals surface area contributed by atoms with Crippen molar-refractivity contribution in [1.29, 1.82) is 0 Å². The SMILES string of the molecule is CCNC(=NCC1CCN(CCOC)CC1)N(C)Cc1csc(C)n1.I. The van der Waals surface area contributed by atoms with Gasteiger partial charge in [0.25, 0.3) is 0 Å². The summed E-state index contributed by atoms with van der Waals surface area (Å²) in [6, 6.07) is 0. The Kier molecular flexibility index (Phi) is 11.7. The van der Waals surface area contributed by atoms with Gasteiger partial charge >= 0.3 is 0 Å². The number of aromatic nitrogens is 1. The summed E-state index contributed by atoms with van der Waals surface area (Å²) >= 11 is 1.70. The molecule has 26 heavy (non-hydrogen) atoms. The Morgan fingerprint density at radius 1 is 1.46 bits per heavy atom. The predicted octanol–water partition coefficient (Wildman–Crippen LogP) is 2.83. The molecule has 1 aliphatic rings. The van der Waals surface area contributed by atoms with Crippen LogP contribution in [0.5, 0.6) is 0 Å². The molecule has 0 unspecified atom stereocenters. The number of halogens is 1. The number of hydrogen-bond acceptors (Lipinski definition) is 5. The van der Waals surface area contributed by atoms with Gasteiger partial charge < -0.3 is 19.9 Å². The maximum absolute atomic E-state index is 5.17. The van der Waals surface area contributed by atoms with Gasteiger partial charge in [-0.3, -0.25) is 4.99 Å². The topological polar surface area (TPSA) is 53.0 Å². The second kappa shape index (κ2) is 12.9. The summed E-state index contributed by atoms with van der Waals surface area (Å²) in [5.74, 6) is 1.66. The molecular weight excluding hydrogens is 461 g/mol. The molecule has 2 rings (SSSR count). The Balaban J connectivity index is 0.00000338. The number of rotatable bonds is 8. The van der Waals surface area contributed by atoms with E-state index >= 15 is 0 Å². The monoisotopic (exact) mass is 495 g/mol. The van der Waals surface area contributed by atoms with Crippen LogP contribution in [0.4, 0.5) is 0 Å². The lowest BCUT2D eigenvalue weighted by Gasteiger charge is -2.31. The number of aliphatic imine (C=N–C) groups is 1. The normalized spacial score (nSPS) is 16.4. The van der Waals surface area contributed by atoms with Gasteiger partial charge in [0.2, 0.25) is 0 Å². The van der Waals surface area contributed by atoms with Crippen LogP contribution in [-0.2, 0) is 11.3 Å². The van der Waals surface area contributed by atoms with Crippen LogP contribution >= 0.6 is 35.3 Å². The van der Waals surface area contributed by atoms with Crippen LogP contribution in [0.1, 0.15) is 30.5 Å². The van der Waals surface area contributed by atoms with Gasteiger partial charge in [-0.2, -0.15) is 0 Å². The number of piperidine rings is 1. The second-order valence-electron chi connectivity index (χ2n) is 6.69. The number of methoxy groups -OCH3 is 1. The zero-order valence-electron chi connectivity index (χ0n) is 16.5. The molecule has 1 aromatic rings. The number of nitrogens with one attached hydrogen (secondary N) is 1. The first-order valence-corrected chi connectivity index (χ1v) is 10.1. The Labute approximate surface area is 179 Å². The number of aryl methyl sites for hydroxylation is 1. The van der Waals surface area contributed by atoms with Gasteiger partial charge in [0.15, 0.2) is 5.96 Å². The van der Waals surface area contributed by atoms with E-state index in [1.807, 2.05) is 6.92 Å². The number of nitrogens with zero attached hydrogens (tertiary/aromatic N) is 4. The van der Waals surface area contributed by atoms with Crippen LogP contribution in [0.2, 0.25) is 0 Å². The first-order chi connectivity index (χ1) is 12.1. The first-order valence-electron chi connectivity index (χ1n) is 9.24. The van der Waals surface area contributed by atoms with Crippen molar-refractivity contribution >= 4 is 41.3 Å². The molecule has 0 aliphatic carbocycles. The molecule has 0 radical (unpaired) electrons. The average Bonchev–Trinajstić information content (AvgIpc) is 3.02. The summed E-state index contributed by atoms with van der Waals surface area (Å²) in [7, 11) is 3.86. The maximum atomic E-state index is 5.17. The summed E-state index contributed by atoms with van der Waals surface area (Å²) in [6.45, 7) is 10.9. The minimum Gasteiger partial charge on any atom is -0.383 e. The van der Waals surface area contributed by atoms with Gasteiger partial charge in [-0.1, -0.05) is 0 Å². The van der Waals surface area contributed by atoms with Crippen molar-refractivity contribution in [2.24, 2.45) is 10.9 Å². The van der Waals surface area contributed by atoms with Crippen LogP contribution < -0.4 is 5.32 Å². The van der Waals surface area contributed by atoms with E-state index in [9.17, 15) is 0 Å². The van der Waals surface area contributed by atoms with Crippen LogP contribution in [0.15, 0.2) is 10.4 Å². The third-order valence-corrected chi connectivity index (χ3v) is 5.40. The number of thiazole rings is 1. The van der Waals surface area contributed by atoms with Crippen molar-refractivity contribution in [3.63, 3.8) is 0 Å². The standard InChI is InChI=1S/C18H33N5OS.HI/c1-5-19-18(22(3)13-17-14-25-15(2)21-17)20-12-16-6-8-23(9-7-16)10-11-24-4;/h14,16H,5-13H2,1-4H3,(H,19,20);1H. The maximum Gasteiger partial charge on any atom is 0.194 e. The highest BCUT2D eigenvalue weighted by molar-refractivity contribution is 14.0. The lowest BCUT2D eigenvalue weighted by atomic mass is 9.97. The fourth-order valence-corrected chi connectivity index (χ4v) is 3.70. The third-order valence-electron chi connectivity index (χ3n) is 4.58. The molecule has 0 spiro atoms. The third kappa shape index (κ3) is 8.06. The smallest absolute Gasteiger partial charge is 0.194 e. The van der Waals surface area contributed by atoms with Gasteiger partial charge in [0.05, 0.1) is 23.9 Å². The molecule has 0 saturated carbocycles. The molecule has 1 fully saturated rings. The summed E-state index contributed by atoms with van der Waals surface area (Å²) in [4.78, 5) is 14.1. The zero-order chi connectivity index (χ0) is 18.1. The predicted molar refractivity (Wildman–Crippen MR) is 121 cm³/mol. The highest BCUT2D eigenvalue weighted by Gasteiger charge is 2.19. The summed E-state index contributed by atoms with van der Waals surface area (Å²) in [6.07, 6.45) is 2.45. The van der Waals surface area contributed by atoms with Gasteiger partial charge in [-0.25, -0.2) is 4.98 Å². The molecule has 0 amide bonds. The molecule has 1 N–H and O–H groups in total. The molecule has 6 nitrogen and oxygen atoms in total. The fourth-order valence-electron chi connectivity index (χ4n) is 3.10. The van der Waals surface area contributed by atoms with Crippen LogP contribution in [0.3, 0.4) is 0 Å². The Morgan fingerprint density at radius 2 is 2.19 bits per heavy atom. The highest BCUT2D eigenvalue weighted by atomic mass is 127. The average molecular weight is 495 g/mol. The number of likely N-dealkylation sites (tertiary alicyclic amines) is 1. The lowest BCUT2D eigenvalue weighted by Crippen LogP contribution is -2.40. The number of guanidine groups is 1. The molecule has 8 heteroatoms. The van der Waals surface area contributed by atoms with E-state index in [4.69, 9.17) is 9.73 Å². The van der Waals surface area contributed by atoms with E-state index in [2.05, 4.69) is 39.5 Å². The zero-order valence-corrected chi connectivity index (χ0v) is 19.7. The molecule has 0 aromatic carbocycles. The largest absolute Gasteiger partial charge is 0.383 e. The Morgan fingerprint density at radius 3 is 2.77 bits per heavy atom. The second-order valence-corrected chi connectivity index (χ2v) is 7.75. The fraction of sp³-hybridized carbons (Fsp3) is 0.778. The molecule has 0 atom stereocenters. The van der Waals surface area contributed by atoms with Gasteiger partial charge in [-0.15, -0.1) is 35.3 Å². The molecule has 2 heterocycles. The van der Waals surface area contributed by atoms with E-state index in [-0.39, 0.29) is 24.0 Å². The van der Waals surface area contributed by atoms with Gasteiger partial charge in [0, 0.05) is 39.2 Å².